The lowest BCUT2D eigenvalue weighted by atomic mass is 9.96. The summed E-state index contributed by atoms with van der Waals surface area (Å²) in [6.45, 7) is 5.55. The monoisotopic (exact) mass is 358 g/mol. The Morgan fingerprint density at radius 1 is 1.19 bits per heavy atom. The minimum Gasteiger partial charge on any atom is -0.466 e. The van der Waals surface area contributed by atoms with Crippen molar-refractivity contribution in [2.45, 2.75) is 33.1 Å². The largest absolute Gasteiger partial charge is 0.466 e. The summed E-state index contributed by atoms with van der Waals surface area (Å²) in [5.74, 6) is -0.866. The molecular formula is C20H26N2O4. The Morgan fingerprint density at radius 2 is 1.96 bits per heavy atom. The molecule has 2 amide bonds. The van der Waals surface area contributed by atoms with Gasteiger partial charge in [-0.05, 0) is 38.3 Å². The van der Waals surface area contributed by atoms with Crippen molar-refractivity contribution in [3.8, 4) is 0 Å². The second-order valence-corrected chi connectivity index (χ2v) is 7.07. The molecule has 2 aliphatic rings. The second kappa shape index (κ2) is 7.89. The number of hydrogen-bond donors (Lipinski definition) is 0. The molecule has 140 valence electrons. The van der Waals surface area contributed by atoms with Gasteiger partial charge in [-0.2, -0.15) is 0 Å². The summed E-state index contributed by atoms with van der Waals surface area (Å²) >= 11 is 0. The van der Waals surface area contributed by atoms with Crippen LogP contribution in [0.1, 0.15) is 31.7 Å². The summed E-state index contributed by atoms with van der Waals surface area (Å²) < 4.78 is 5.10. The number of likely N-dealkylation sites (tertiary alicyclic amines) is 1. The Morgan fingerprint density at radius 3 is 2.69 bits per heavy atom. The number of nitrogens with zero attached hydrogens (tertiary/aromatic N) is 2. The molecular weight excluding hydrogens is 332 g/mol. The van der Waals surface area contributed by atoms with Crippen LogP contribution in [0.4, 0.5) is 5.69 Å². The molecule has 1 aromatic carbocycles. The number of rotatable bonds is 4. The third-order valence-corrected chi connectivity index (χ3v) is 5.23. The average molecular weight is 358 g/mol. The first-order valence-corrected chi connectivity index (χ1v) is 9.32. The highest BCUT2D eigenvalue weighted by atomic mass is 16.5. The standard InChI is InChI=1S/C20H26N2O4/c1-3-26-20(25)15-8-6-10-21(12-15)19(24)16-11-18(23)22(13-16)17-9-5-4-7-14(17)2/h4-5,7,9,15-16H,3,6,8,10-13H2,1-2H3/t15-,16+/m1/s1. The van der Waals surface area contributed by atoms with Crippen LogP contribution in [0.3, 0.4) is 0 Å². The highest BCUT2D eigenvalue weighted by Gasteiger charge is 2.39. The molecule has 2 aliphatic heterocycles. The number of aryl methyl sites for hydroxylation is 1. The normalized spacial score (nSPS) is 23.2. The molecule has 0 bridgehead atoms. The van der Waals surface area contributed by atoms with Gasteiger partial charge in [-0.25, -0.2) is 0 Å². The maximum absolute atomic E-state index is 12.9. The van der Waals surface area contributed by atoms with Gasteiger partial charge < -0.3 is 14.5 Å². The molecule has 2 atom stereocenters. The Kier molecular flexibility index (Phi) is 5.59. The van der Waals surface area contributed by atoms with Crippen molar-refractivity contribution in [1.29, 1.82) is 0 Å². The van der Waals surface area contributed by atoms with E-state index >= 15 is 0 Å². The average Bonchev–Trinajstić information content (AvgIpc) is 3.03. The van der Waals surface area contributed by atoms with E-state index < -0.39 is 0 Å². The third kappa shape index (κ3) is 3.74. The van der Waals surface area contributed by atoms with E-state index in [1.807, 2.05) is 31.2 Å². The fourth-order valence-corrected chi connectivity index (χ4v) is 3.86. The molecule has 0 aromatic heterocycles. The molecule has 26 heavy (non-hydrogen) atoms. The van der Waals surface area contributed by atoms with E-state index in [9.17, 15) is 14.4 Å². The smallest absolute Gasteiger partial charge is 0.310 e. The van der Waals surface area contributed by atoms with Gasteiger partial charge in [0.15, 0.2) is 0 Å². The van der Waals surface area contributed by atoms with Crippen molar-refractivity contribution in [2.75, 3.05) is 31.1 Å². The number of carbonyl (C=O) groups is 3. The third-order valence-electron chi connectivity index (χ3n) is 5.23. The van der Waals surface area contributed by atoms with Gasteiger partial charge in [-0.15, -0.1) is 0 Å². The first kappa shape index (κ1) is 18.4. The Bertz CT molecular complexity index is 703. The summed E-state index contributed by atoms with van der Waals surface area (Å²) in [5.41, 5.74) is 1.89. The number of para-hydroxylation sites is 1. The van der Waals surface area contributed by atoms with E-state index in [4.69, 9.17) is 4.74 Å². The van der Waals surface area contributed by atoms with E-state index in [-0.39, 0.29) is 36.0 Å². The molecule has 6 heteroatoms. The second-order valence-electron chi connectivity index (χ2n) is 7.07. The molecule has 1 aromatic rings. The van der Waals surface area contributed by atoms with E-state index in [1.54, 1.807) is 16.7 Å². The zero-order chi connectivity index (χ0) is 18.7. The van der Waals surface area contributed by atoms with Gasteiger partial charge in [0.2, 0.25) is 11.8 Å². The van der Waals surface area contributed by atoms with Gasteiger partial charge in [0, 0.05) is 31.7 Å². The number of carbonyl (C=O) groups excluding carboxylic acids is 3. The van der Waals surface area contributed by atoms with Gasteiger partial charge in [0.05, 0.1) is 18.4 Å². The lowest BCUT2D eigenvalue weighted by Crippen LogP contribution is -2.45. The summed E-state index contributed by atoms with van der Waals surface area (Å²) in [5, 5.41) is 0. The number of piperidine rings is 1. The minimum absolute atomic E-state index is 0.0170. The highest BCUT2D eigenvalue weighted by Crippen LogP contribution is 2.30. The fraction of sp³-hybridized carbons (Fsp3) is 0.550. The van der Waals surface area contributed by atoms with Crippen LogP contribution in [0.5, 0.6) is 0 Å². The zero-order valence-electron chi connectivity index (χ0n) is 15.4. The van der Waals surface area contributed by atoms with Crippen LogP contribution in [-0.2, 0) is 19.1 Å². The first-order chi connectivity index (χ1) is 12.5. The first-order valence-electron chi connectivity index (χ1n) is 9.32. The molecule has 6 nitrogen and oxygen atoms in total. The van der Waals surface area contributed by atoms with E-state index in [2.05, 4.69) is 0 Å². The van der Waals surface area contributed by atoms with Crippen molar-refractivity contribution in [3.63, 3.8) is 0 Å². The maximum atomic E-state index is 12.9. The quantitative estimate of drug-likeness (QED) is 0.774. The van der Waals surface area contributed by atoms with Crippen molar-refractivity contribution >= 4 is 23.5 Å². The number of anilines is 1. The summed E-state index contributed by atoms with van der Waals surface area (Å²) in [6, 6.07) is 7.72. The Labute approximate surface area is 154 Å². The minimum atomic E-state index is -0.344. The van der Waals surface area contributed by atoms with Crippen LogP contribution in [0.25, 0.3) is 0 Å². The molecule has 0 radical (unpaired) electrons. The fourth-order valence-electron chi connectivity index (χ4n) is 3.86. The Balaban J connectivity index is 1.66. The summed E-state index contributed by atoms with van der Waals surface area (Å²) in [6.07, 6.45) is 1.77. The number of hydrogen-bond acceptors (Lipinski definition) is 4. The molecule has 2 heterocycles. The van der Waals surface area contributed by atoms with E-state index in [0.29, 0.717) is 26.2 Å². The molecule has 2 fully saturated rings. The van der Waals surface area contributed by atoms with E-state index in [0.717, 1.165) is 24.1 Å². The van der Waals surface area contributed by atoms with Crippen LogP contribution in [-0.4, -0.2) is 48.9 Å². The SMILES string of the molecule is CCOC(=O)[C@@H]1CCCN(C(=O)[C@H]2CC(=O)N(c3ccccc3C)C2)C1. The Hall–Kier alpha value is -2.37. The van der Waals surface area contributed by atoms with Crippen LogP contribution in [0.2, 0.25) is 0 Å². The molecule has 0 spiro atoms. The molecule has 2 saturated heterocycles. The van der Waals surface area contributed by atoms with Crippen LogP contribution >= 0.6 is 0 Å². The predicted molar refractivity (Wildman–Crippen MR) is 97.6 cm³/mol. The van der Waals surface area contributed by atoms with Crippen molar-refractivity contribution in [3.05, 3.63) is 29.8 Å². The zero-order valence-corrected chi connectivity index (χ0v) is 15.4. The molecule has 3 rings (SSSR count). The van der Waals surface area contributed by atoms with Gasteiger partial charge in [-0.1, -0.05) is 18.2 Å². The van der Waals surface area contributed by atoms with Gasteiger partial charge in [0.1, 0.15) is 0 Å². The lowest BCUT2D eigenvalue weighted by molar-refractivity contribution is -0.152. The van der Waals surface area contributed by atoms with Gasteiger partial charge >= 0.3 is 5.97 Å². The highest BCUT2D eigenvalue weighted by molar-refractivity contribution is 6.00. The van der Waals surface area contributed by atoms with Crippen molar-refractivity contribution in [1.82, 2.24) is 4.90 Å². The number of esters is 1. The topological polar surface area (TPSA) is 66.9 Å². The van der Waals surface area contributed by atoms with Crippen molar-refractivity contribution < 1.29 is 19.1 Å². The lowest BCUT2D eigenvalue weighted by Gasteiger charge is -2.33. The molecule has 0 N–H and O–H groups in total. The van der Waals surface area contributed by atoms with Crippen LogP contribution in [0, 0.1) is 18.8 Å². The summed E-state index contributed by atoms with van der Waals surface area (Å²) in [4.78, 5) is 40.8. The molecule has 0 unspecified atom stereocenters. The van der Waals surface area contributed by atoms with Gasteiger partial charge in [0.25, 0.3) is 0 Å². The molecule has 0 aliphatic carbocycles. The predicted octanol–water partition coefficient (Wildman–Crippen LogP) is 2.15. The maximum Gasteiger partial charge on any atom is 0.310 e. The number of amides is 2. The molecule has 0 saturated carbocycles. The van der Waals surface area contributed by atoms with Gasteiger partial charge in [-0.3, -0.25) is 14.4 Å². The van der Waals surface area contributed by atoms with Crippen LogP contribution in [0.15, 0.2) is 24.3 Å². The number of benzene rings is 1. The van der Waals surface area contributed by atoms with Crippen LogP contribution < -0.4 is 4.90 Å². The summed E-state index contributed by atoms with van der Waals surface area (Å²) in [7, 11) is 0. The number of ether oxygens (including phenoxy) is 1. The van der Waals surface area contributed by atoms with E-state index in [1.165, 1.54) is 0 Å². The van der Waals surface area contributed by atoms with Crippen molar-refractivity contribution in [2.24, 2.45) is 11.8 Å².